The van der Waals surface area contributed by atoms with Crippen LogP contribution >= 0.6 is 0 Å². The van der Waals surface area contributed by atoms with Gasteiger partial charge < -0.3 is 4.74 Å². The summed E-state index contributed by atoms with van der Waals surface area (Å²) in [6, 6.07) is 0. The van der Waals surface area contributed by atoms with E-state index in [1.165, 1.54) is 19.3 Å². The highest BCUT2D eigenvalue weighted by Crippen LogP contribution is 2.26. The van der Waals surface area contributed by atoms with Gasteiger partial charge in [-0.15, -0.1) is 0 Å². The quantitative estimate of drug-likeness (QED) is 0.505. The zero-order valence-corrected chi connectivity index (χ0v) is 5.68. The van der Waals surface area contributed by atoms with Crippen LogP contribution in [0.4, 0.5) is 0 Å². The molecule has 0 aromatic heterocycles. The summed E-state index contributed by atoms with van der Waals surface area (Å²) < 4.78 is 5.22. The van der Waals surface area contributed by atoms with E-state index in [2.05, 4.69) is 6.92 Å². The molecular formula is C7H14O. The average molecular weight is 114 g/mol. The summed E-state index contributed by atoms with van der Waals surface area (Å²) in [5, 5.41) is 0. The maximum Gasteiger partial charge on any atom is 0.0596 e. The molecule has 0 amide bonds. The SMILES string of the molecule is COC1CCC[C@@H]1C. The molecule has 0 heterocycles. The fourth-order valence-corrected chi connectivity index (χ4v) is 1.46. The van der Waals surface area contributed by atoms with Gasteiger partial charge in [-0.25, -0.2) is 0 Å². The van der Waals surface area contributed by atoms with Crippen LogP contribution in [0.2, 0.25) is 0 Å². The largest absolute Gasteiger partial charge is 0.381 e. The smallest absolute Gasteiger partial charge is 0.0596 e. The van der Waals surface area contributed by atoms with Crippen LogP contribution in [0.15, 0.2) is 0 Å². The minimum Gasteiger partial charge on any atom is -0.381 e. The highest BCUT2D eigenvalue weighted by Gasteiger charge is 2.21. The van der Waals surface area contributed by atoms with Crippen molar-refractivity contribution in [3.63, 3.8) is 0 Å². The van der Waals surface area contributed by atoms with Gasteiger partial charge in [-0.05, 0) is 18.8 Å². The van der Waals surface area contributed by atoms with E-state index in [0.717, 1.165) is 5.92 Å². The molecule has 48 valence electrons. The topological polar surface area (TPSA) is 9.23 Å². The van der Waals surface area contributed by atoms with Crippen LogP contribution in [0.1, 0.15) is 26.2 Å². The average Bonchev–Trinajstić information content (AvgIpc) is 2.14. The Morgan fingerprint density at radius 2 is 2.12 bits per heavy atom. The molecule has 0 bridgehead atoms. The zero-order valence-electron chi connectivity index (χ0n) is 5.68. The van der Waals surface area contributed by atoms with E-state index in [9.17, 15) is 0 Å². The molecule has 1 saturated carbocycles. The number of hydrogen-bond acceptors (Lipinski definition) is 1. The monoisotopic (exact) mass is 114 g/mol. The second kappa shape index (κ2) is 2.49. The van der Waals surface area contributed by atoms with Crippen molar-refractivity contribution in [2.24, 2.45) is 5.92 Å². The van der Waals surface area contributed by atoms with E-state index >= 15 is 0 Å². The van der Waals surface area contributed by atoms with Crippen molar-refractivity contribution in [2.75, 3.05) is 7.11 Å². The fourth-order valence-electron chi connectivity index (χ4n) is 1.46. The van der Waals surface area contributed by atoms with Crippen LogP contribution in [0.3, 0.4) is 0 Å². The summed E-state index contributed by atoms with van der Waals surface area (Å²) in [7, 11) is 1.81. The van der Waals surface area contributed by atoms with Gasteiger partial charge in [0.1, 0.15) is 0 Å². The molecule has 1 rings (SSSR count). The van der Waals surface area contributed by atoms with Gasteiger partial charge in [-0.2, -0.15) is 0 Å². The molecule has 1 nitrogen and oxygen atoms in total. The van der Waals surface area contributed by atoms with Crippen LogP contribution in [-0.4, -0.2) is 13.2 Å². The predicted molar refractivity (Wildman–Crippen MR) is 33.8 cm³/mol. The number of rotatable bonds is 1. The number of ether oxygens (including phenoxy) is 1. The second-order valence-electron chi connectivity index (χ2n) is 2.68. The minimum atomic E-state index is 0.565. The summed E-state index contributed by atoms with van der Waals surface area (Å²) in [5.74, 6) is 0.806. The van der Waals surface area contributed by atoms with Gasteiger partial charge in [0, 0.05) is 7.11 Å². The lowest BCUT2D eigenvalue weighted by Crippen LogP contribution is -2.12. The van der Waals surface area contributed by atoms with Gasteiger partial charge in [0.15, 0.2) is 0 Å². The molecule has 0 aromatic carbocycles. The molecule has 8 heavy (non-hydrogen) atoms. The molecular weight excluding hydrogens is 100 g/mol. The third kappa shape index (κ3) is 1.03. The first kappa shape index (κ1) is 6.09. The van der Waals surface area contributed by atoms with Gasteiger partial charge in [-0.1, -0.05) is 13.3 Å². The molecule has 0 aromatic rings. The lowest BCUT2D eigenvalue weighted by molar-refractivity contribution is 0.0775. The molecule has 0 spiro atoms. The van der Waals surface area contributed by atoms with E-state index < -0.39 is 0 Å². The Kier molecular flexibility index (Phi) is 1.90. The van der Waals surface area contributed by atoms with Gasteiger partial charge in [0.05, 0.1) is 6.10 Å². The highest BCUT2D eigenvalue weighted by atomic mass is 16.5. The predicted octanol–water partition coefficient (Wildman–Crippen LogP) is 1.82. The summed E-state index contributed by atoms with van der Waals surface area (Å²) in [6.45, 7) is 2.27. The van der Waals surface area contributed by atoms with Gasteiger partial charge in [0.2, 0.25) is 0 Å². The van der Waals surface area contributed by atoms with Gasteiger partial charge in [-0.3, -0.25) is 0 Å². The molecule has 2 atom stereocenters. The third-order valence-corrected chi connectivity index (χ3v) is 2.09. The Hall–Kier alpha value is -0.0400. The van der Waals surface area contributed by atoms with Crippen LogP contribution in [0.25, 0.3) is 0 Å². The van der Waals surface area contributed by atoms with Crippen molar-refractivity contribution in [1.29, 1.82) is 0 Å². The lowest BCUT2D eigenvalue weighted by Gasteiger charge is -2.11. The van der Waals surface area contributed by atoms with E-state index in [-0.39, 0.29) is 0 Å². The molecule has 1 fully saturated rings. The maximum absolute atomic E-state index is 5.22. The van der Waals surface area contributed by atoms with Crippen molar-refractivity contribution in [3.8, 4) is 0 Å². The minimum absolute atomic E-state index is 0.565. The normalized spacial score (nSPS) is 38.2. The first-order valence-corrected chi connectivity index (χ1v) is 3.37. The van der Waals surface area contributed by atoms with Crippen molar-refractivity contribution in [3.05, 3.63) is 0 Å². The van der Waals surface area contributed by atoms with Gasteiger partial charge >= 0.3 is 0 Å². The summed E-state index contributed by atoms with van der Waals surface area (Å²) >= 11 is 0. The fraction of sp³-hybridized carbons (Fsp3) is 1.00. The van der Waals surface area contributed by atoms with E-state index in [0.29, 0.717) is 6.10 Å². The standard InChI is InChI=1S/C7H14O/c1-6-4-3-5-7(6)8-2/h6-7H,3-5H2,1-2H3/t6-,7?/m0/s1. The Bertz CT molecular complexity index is 70.8. The molecule has 0 radical (unpaired) electrons. The Labute approximate surface area is 51.0 Å². The number of methoxy groups -OCH3 is 1. The summed E-state index contributed by atoms with van der Waals surface area (Å²) in [6.07, 6.45) is 4.56. The van der Waals surface area contributed by atoms with Gasteiger partial charge in [0.25, 0.3) is 0 Å². The van der Waals surface area contributed by atoms with E-state index in [1.807, 2.05) is 7.11 Å². The van der Waals surface area contributed by atoms with Crippen molar-refractivity contribution >= 4 is 0 Å². The van der Waals surface area contributed by atoms with E-state index in [1.54, 1.807) is 0 Å². The third-order valence-electron chi connectivity index (χ3n) is 2.09. The van der Waals surface area contributed by atoms with Crippen LogP contribution < -0.4 is 0 Å². The Morgan fingerprint density at radius 1 is 1.38 bits per heavy atom. The van der Waals surface area contributed by atoms with Crippen molar-refractivity contribution in [2.45, 2.75) is 32.3 Å². The van der Waals surface area contributed by atoms with Crippen LogP contribution in [0, 0.1) is 5.92 Å². The molecule has 0 aliphatic heterocycles. The summed E-state index contributed by atoms with van der Waals surface area (Å²) in [5.41, 5.74) is 0. The zero-order chi connectivity index (χ0) is 5.98. The molecule has 0 saturated heterocycles. The first-order valence-electron chi connectivity index (χ1n) is 3.37. The Balaban J connectivity index is 2.30. The summed E-state index contributed by atoms with van der Waals surface area (Å²) in [4.78, 5) is 0. The number of hydrogen-bond donors (Lipinski definition) is 0. The van der Waals surface area contributed by atoms with Crippen molar-refractivity contribution < 1.29 is 4.74 Å². The van der Waals surface area contributed by atoms with Crippen LogP contribution in [-0.2, 0) is 4.74 Å². The molecule has 1 unspecified atom stereocenters. The first-order chi connectivity index (χ1) is 3.84. The van der Waals surface area contributed by atoms with Crippen molar-refractivity contribution in [1.82, 2.24) is 0 Å². The molecule has 1 aliphatic carbocycles. The maximum atomic E-state index is 5.22. The molecule has 1 aliphatic rings. The highest BCUT2D eigenvalue weighted by molar-refractivity contribution is 4.73. The van der Waals surface area contributed by atoms with Crippen LogP contribution in [0.5, 0.6) is 0 Å². The lowest BCUT2D eigenvalue weighted by atomic mass is 10.1. The molecule has 1 heteroatoms. The Morgan fingerprint density at radius 3 is 2.38 bits per heavy atom. The molecule has 0 N–H and O–H groups in total. The second-order valence-corrected chi connectivity index (χ2v) is 2.68. The van der Waals surface area contributed by atoms with E-state index in [4.69, 9.17) is 4.74 Å².